The SMILES string of the molecule is COc1cccc(Cn2cc(NC(=O)c3nn(C)cc3[N+](=O)[O-])cn2)c1. The Kier molecular flexibility index (Phi) is 4.65. The van der Waals surface area contributed by atoms with Gasteiger partial charge in [-0.3, -0.25) is 24.3 Å². The van der Waals surface area contributed by atoms with Crippen molar-refractivity contribution in [3.8, 4) is 5.75 Å². The van der Waals surface area contributed by atoms with Crippen LogP contribution in [-0.4, -0.2) is 37.5 Å². The Morgan fingerprint density at radius 3 is 2.92 bits per heavy atom. The van der Waals surface area contributed by atoms with Crippen LogP contribution in [0.5, 0.6) is 5.75 Å². The third-order valence-corrected chi connectivity index (χ3v) is 3.59. The zero-order chi connectivity index (χ0) is 18.7. The molecule has 1 N–H and O–H groups in total. The second-order valence-corrected chi connectivity index (χ2v) is 5.53. The molecule has 0 saturated carbocycles. The Balaban J connectivity index is 1.72. The molecule has 26 heavy (non-hydrogen) atoms. The van der Waals surface area contributed by atoms with Gasteiger partial charge in [0.2, 0.25) is 5.69 Å². The summed E-state index contributed by atoms with van der Waals surface area (Å²) in [4.78, 5) is 22.6. The Morgan fingerprint density at radius 2 is 2.19 bits per heavy atom. The van der Waals surface area contributed by atoms with E-state index >= 15 is 0 Å². The molecule has 2 heterocycles. The van der Waals surface area contributed by atoms with Crippen molar-refractivity contribution >= 4 is 17.3 Å². The van der Waals surface area contributed by atoms with Crippen molar-refractivity contribution in [1.82, 2.24) is 19.6 Å². The molecule has 0 atom stereocenters. The molecule has 0 bridgehead atoms. The lowest BCUT2D eigenvalue weighted by atomic mass is 10.2. The first kappa shape index (κ1) is 17.1. The van der Waals surface area contributed by atoms with Gasteiger partial charge in [0, 0.05) is 13.2 Å². The highest BCUT2D eigenvalue weighted by molar-refractivity contribution is 6.05. The van der Waals surface area contributed by atoms with E-state index < -0.39 is 10.8 Å². The maximum Gasteiger partial charge on any atom is 0.320 e. The Hall–Kier alpha value is -3.69. The largest absolute Gasteiger partial charge is 0.497 e. The van der Waals surface area contributed by atoms with Crippen LogP contribution in [0.3, 0.4) is 0 Å². The fourth-order valence-electron chi connectivity index (χ4n) is 2.43. The molecule has 1 aromatic carbocycles. The number of carbonyl (C=O) groups is 1. The maximum atomic E-state index is 12.3. The highest BCUT2D eigenvalue weighted by Crippen LogP contribution is 2.18. The number of nitrogens with zero attached hydrogens (tertiary/aromatic N) is 5. The molecule has 0 fully saturated rings. The Bertz CT molecular complexity index is 961. The molecule has 1 amide bonds. The quantitative estimate of drug-likeness (QED) is 0.532. The van der Waals surface area contributed by atoms with Crippen molar-refractivity contribution in [1.29, 1.82) is 0 Å². The number of ether oxygens (including phenoxy) is 1. The summed E-state index contributed by atoms with van der Waals surface area (Å²) in [5, 5.41) is 21.6. The maximum absolute atomic E-state index is 12.3. The second-order valence-electron chi connectivity index (χ2n) is 5.53. The van der Waals surface area contributed by atoms with Crippen molar-refractivity contribution in [2.24, 2.45) is 7.05 Å². The fraction of sp³-hybridized carbons (Fsp3) is 0.188. The number of anilines is 1. The van der Waals surface area contributed by atoms with Crippen LogP contribution >= 0.6 is 0 Å². The van der Waals surface area contributed by atoms with E-state index in [9.17, 15) is 14.9 Å². The smallest absolute Gasteiger partial charge is 0.320 e. The number of benzene rings is 1. The highest BCUT2D eigenvalue weighted by Gasteiger charge is 2.25. The number of nitrogens with one attached hydrogen (secondary N) is 1. The number of nitro groups is 1. The van der Waals surface area contributed by atoms with Crippen LogP contribution in [0, 0.1) is 10.1 Å². The summed E-state index contributed by atoms with van der Waals surface area (Å²) >= 11 is 0. The van der Waals surface area contributed by atoms with Crippen LogP contribution in [0.2, 0.25) is 0 Å². The lowest BCUT2D eigenvalue weighted by Gasteiger charge is -2.04. The normalized spacial score (nSPS) is 10.5. The summed E-state index contributed by atoms with van der Waals surface area (Å²) in [5.41, 5.74) is 0.787. The molecular formula is C16H16N6O4. The van der Waals surface area contributed by atoms with E-state index in [-0.39, 0.29) is 11.4 Å². The number of rotatable bonds is 6. The Labute approximate surface area is 148 Å². The predicted molar refractivity (Wildman–Crippen MR) is 92.1 cm³/mol. The monoisotopic (exact) mass is 356 g/mol. The van der Waals surface area contributed by atoms with Gasteiger partial charge in [0.05, 0.1) is 30.5 Å². The zero-order valence-corrected chi connectivity index (χ0v) is 14.1. The number of carbonyl (C=O) groups excluding carboxylic acids is 1. The summed E-state index contributed by atoms with van der Waals surface area (Å²) < 4.78 is 8.04. The first-order valence-electron chi connectivity index (χ1n) is 7.61. The van der Waals surface area contributed by atoms with Gasteiger partial charge in [0.25, 0.3) is 5.91 Å². The average Bonchev–Trinajstić information content (AvgIpc) is 3.21. The van der Waals surface area contributed by atoms with E-state index in [4.69, 9.17) is 4.74 Å². The molecule has 134 valence electrons. The molecule has 0 saturated heterocycles. The first-order chi connectivity index (χ1) is 12.5. The van der Waals surface area contributed by atoms with Crippen LogP contribution in [0.15, 0.2) is 42.9 Å². The highest BCUT2D eigenvalue weighted by atomic mass is 16.6. The summed E-state index contributed by atoms with van der Waals surface area (Å²) in [7, 11) is 3.10. The van der Waals surface area contributed by atoms with E-state index in [2.05, 4.69) is 15.5 Å². The molecule has 3 aromatic rings. The van der Waals surface area contributed by atoms with Crippen molar-refractivity contribution in [3.63, 3.8) is 0 Å². The van der Waals surface area contributed by atoms with Gasteiger partial charge in [0.1, 0.15) is 11.9 Å². The molecule has 0 unspecified atom stereocenters. The molecule has 10 heteroatoms. The van der Waals surface area contributed by atoms with Crippen molar-refractivity contribution in [2.45, 2.75) is 6.54 Å². The molecule has 0 aliphatic rings. The minimum atomic E-state index is -0.668. The van der Waals surface area contributed by atoms with Gasteiger partial charge in [0.15, 0.2) is 0 Å². The fourth-order valence-corrected chi connectivity index (χ4v) is 2.43. The van der Waals surface area contributed by atoms with Crippen LogP contribution in [0.1, 0.15) is 16.1 Å². The zero-order valence-electron chi connectivity index (χ0n) is 14.1. The molecule has 0 spiro atoms. The van der Waals surface area contributed by atoms with E-state index in [0.29, 0.717) is 12.2 Å². The summed E-state index contributed by atoms with van der Waals surface area (Å²) in [6.07, 6.45) is 4.28. The summed E-state index contributed by atoms with van der Waals surface area (Å²) in [5.74, 6) is 0.0730. The molecule has 0 aliphatic heterocycles. The topological polar surface area (TPSA) is 117 Å². The van der Waals surface area contributed by atoms with Crippen molar-refractivity contribution in [2.75, 3.05) is 12.4 Å². The standard InChI is InChI=1S/C16H16N6O4/c1-20-10-14(22(24)25)15(19-20)16(23)18-12-7-17-21(9-12)8-11-4-3-5-13(6-11)26-2/h3-7,9-10H,8H2,1-2H3,(H,18,23). The van der Waals surface area contributed by atoms with Gasteiger partial charge in [-0.1, -0.05) is 12.1 Å². The number of amides is 1. The number of aryl methyl sites for hydroxylation is 1. The molecular weight excluding hydrogens is 340 g/mol. The number of hydrogen-bond donors (Lipinski definition) is 1. The Morgan fingerprint density at radius 1 is 1.38 bits per heavy atom. The lowest BCUT2D eigenvalue weighted by molar-refractivity contribution is -0.385. The molecule has 0 aliphatic carbocycles. The minimum Gasteiger partial charge on any atom is -0.497 e. The average molecular weight is 356 g/mol. The number of hydrogen-bond acceptors (Lipinski definition) is 6. The van der Waals surface area contributed by atoms with Crippen LogP contribution < -0.4 is 10.1 Å². The van der Waals surface area contributed by atoms with Gasteiger partial charge in [-0.2, -0.15) is 10.2 Å². The molecule has 0 radical (unpaired) electrons. The third-order valence-electron chi connectivity index (χ3n) is 3.59. The van der Waals surface area contributed by atoms with Gasteiger partial charge in [-0.25, -0.2) is 0 Å². The second kappa shape index (κ2) is 7.05. The lowest BCUT2D eigenvalue weighted by Crippen LogP contribution is -2.14. The number of methoxy groups -OCH3 is 1. The first-order valence-corrected chi connectivity index (χ1v) is 7.61. The van der Waals surface area contributed by atoms with Gasteiger partial charge >= 0.3 is 5.69 Å². The van der Waals surface area contributed by atoms with E-state index in [1.807, 2.05) is 24.3 Å². The van der Waals surface area contributed by atoms with E-state index in [0.717, 1.165) is 11.3 Å². The molecule has 2 aromatic heterocycles. The van der Waals surface area contributed by atoms with Gasteiger partial charge in [-0.15, -0.1) is 0 Å². The third kappa shape index (κ3) is 3.69. The summed E-state index contributed by atoms with van der Waals surface area (Å²) in [6.45, 7) is 0.483. The number of aromatic nitrogens is 4. The predicted octanol–water partition coefficient (Wildman–Crippen LogP) is 1.83. The minimum absolute atomic E-state index is 0.252. The van der Waals surface area contributed by atoms with Crippen LogP contribution in [0.25, 0.3) is 0 Å². The molecule has 3 rings (SSSR count). The van der Waals surface area contributed by atoms with Crippen LogP contribution in [0.4, 0.5) is 11.4 Å². The van der Waals surface area contributed by atoms with Crippen molar-refractivity contribution in [3.05, 3.63) is 64.2 Å². The van der Waals surface area contributed by atoms with Gasteiger partial charge < -0.3 is 10.1 Å². The van der Waals surface area contributed by atoms with E-state index in [1.165, 1.54) is 24.1 Å². The summed E-state index contributed by atoms with van der Waals surface area (Å²) in [6, 6.07) is 7.54. The van der Waals surface area contributed by atoms with Crippen LogP contribution in [-0.2, 0) is 13.6 Å². The van der Waals surface area contributed by atoms with E-state index in [1.54, 1.807) is 18.0 Å². The van der Waals surface area contributed by atoms with Crippen molar-refractivity contribution < 1.29 is 14.5 Å². The molecule has 10 nitrogen and oxygen atoms in total. The van der Waals surface area contributed by atoms with Gasteiger partial charge in [-0.05, 0) is 17.7 Å².